The van der Waals surface area contributed by atoms with Crippen LogP contribution in [-0.4, -0.2) is 54.1 Å². The van der Waals surface area contributed by atoms with Crippen LogP contribution >= 0.6 is 10.0 Å². The topological polar surface area (TPSA) is 91.5 Å². The highest BCUT2D eigenvalue weighted by Crippen LogP contribution is 2.47. The fourth-order valence-corrected chi connectivity index (χ4v) is 5.35. The molecule has 7 nitrogen and oxygen atoms in total. The number of carbonyl (C=O) groups is 2. The molecule has 0 fully saturated rings. The Bertz CT molecular complexity index is 1330. The number of anilines is 1. The van der Waals surface area contributed by atoms with E-state index in [1.807, 2.05) is 24.8 Å². The number of amides is 2. The number of aromatic nitrogens is 1. The number of halogens is 1. The van der Waals surface area contributed by atoms with Gasteiger partial charge in [0.1, 0.15) is 17.6 Å². The van der Waals surface area contributed by atoms with Gasteiger partial charge in [-0.1, -0.05) is 6.07 Å². The van der Waals surface area contributed by atoms with Gasteiger partial charge in [0, 0.05) is 29.4 Å². The minimum atomic E-state index is -1.28. The van der Waals surface area contributed by atoms with Gasteiger partial charge in [-0.2, -0.15) is 0 Å². The number of fused-ring (bicyclic) bond motifs is 1. The number of nitrogens with zero attached hydrogens (tertiary/aromatic N) is 1. The smallest absolute Gasteiger partial charge is 0.256 e. The number of carbonyl (C=O) groups excluding carboxylic acids is 2. The Morgan fingerprint density at radius 3 is 2.51 bits per heavy atom. The molecule has 9 heteroatoms. The van der Waals surface area contributed by atoms with Gasteiger partial charge in [-0.05, 0) is 72.7 Å². The number of aromatic amines is 1. The summed E-state index contributed by atoms with van der Waals surface area (Å²) in [7, 11) is 0.290. The lowest BCUT2D eigenvalue weighted by Crippen LogP contribution is -2.45. The summed E-state index contributed by atoms with van der Waals surface area (Å²) in [6.45, 7) is 0.289. The molecule has 0 saturated carbocycles. The molecule has 1 atom stereocenters. The molecule has 1 unspecified atom stereocenters. The number of ether oxygens (including phenoxy) is 1. The number of pyridine rings is 1. The zero-order valence-corrected chi connectivity index (χ0v) is 20.9. The summed E-state index contributed by atoms with van der Waals surface area (Å²) < 4.78 is 20.1. The van der Waals surface area contributed by atoms with E-state index < -0.39 is 22.0 Å². The van der Waals surface area contributed by atoms with Gasteiger partial charge in [-0.15, -0.1) is 0 Å². The van der Waals surface area contributed by atoms with Gasteiger partial charge in [-0.3, -0.25) is 14.4 Å². The Kier molecular flexibility index (Phi) is 6.71. The third-order valence-electron chi connectivity index (χ3n) is 5.98. The van der Waals surface area contributed by atoms with Crippen molar-refractivity contribution in [3.63, 3.8) is 0 Å². The Hall–Kier alpha value is -3.59. The van der Waals surface area contributed by atoms with Gasteiger partial charge in [0.15, 0.2) is 0 Å². The molecule has 1 aliphatic rings. The Morgan fingerprint density at radius 1 is 1.11 bits per heavy atom. The number of methoxy groups -OCH3 is 1. The second-order valence-corrected chi connectivity index (χ2v) is 13.2. The number of nitrogens with one attached hydrogen (secondary N) is 2. The molecule has 2 N–H and O–H groups in total. The molecule has 2 aromatic carbocycles. The molecule has 184 valence electrons. The quantitative estimate of drug-likeness (QED) is 0.558. The fraction of sp³-hybridized carbons (Fsp3) is 0.269. The number of H-pyrrole nitrogens is 1. The summed E-state index contributed by atoms with van der Waals surface area (Å²) >= 11 is 0. The van der Waals surface area contributed by atoms with E-state index in [0.29, 0.717) is 28.3 Å². The predicted molar refractivity (Wildman–Crippen MR) is 136 cm³/mol. The molecule has 0 saturated heterocycles. The van der Waals surface area contributed by atoms with Crippen LogP contribution in [0.25, 0.3) is 0 Å². The number of benzene rings is 2. The molecule has 2 heterocycles. The van der Waals surface area contributed by atoms with Crippen molar-refractivity contribution in [1.82, 2.24) is 9.88 Å². The van der Waals surface area contributed by atoms with E-state index in [1.165, 1.54) is 29.3 Å². The van der Waals surface area contributed by atoms with Crippen molar-refractivity contribution in [1.29, 1.82) is 0 Å². The average Bonchev–Trinajstić information content (AvgIpc) is 2.82. The SMILES string of the molecule is COc1ccc2c(c1)CCN(C(=O)c1ccc(=O)[nH]c1)C2C(=O)Nc1ccc(S(C)(C)C)c(F)c1. The van der Waals surface area contributed by atoms with Gasteiger partial charge in [0.25, 0.3) is 11.8 Å². The summed E-state index contributed by atoms with van der Waals surface area (Å²) in [5.41, 5.74) is 1.82. The van der Waals surface area contributed by atoms with Crippen LogP contribution in [0.2, 0.25) is 0 Å². The Morgan fingerprint density at radius 2 is 1.89 bits per heavy atom. The van der Waals surface area contributed by atoms with Crippen molar-refractivity contribution in [2.24, 2.45) is 0 Å². The zero-order valence-electron chi connectivity index (χ0n) is 20.1. The van der Waals surface area contributed by atoms with E-state index >= 15 is 0 Å². The standard InChI is InChI=1S/C26H28FN3O4S/c1-34-19-7-8-20-16(13-19)11-12-30(26(33)17-5-10-23(31)28-15-17)24(20)25(32)29-18-6-9-22(21(27)14-18)35(2,3)4/h5-10,13-15,24H,11-12H2,1-4H3,(H,28,31)(H,29,32). The molecule has 3 aromatic rings. The first kappa shape index (κ1) is 24.5. The van der Waals surface area contributed by atoms with Crippen molar-refractivity contribution in [2.45, 2.75) is 17.4 Å². The maximum Gasteiger partial charge on any atom is 0.256 e. The van der Waals surface area contributed by atoms with E-state index in [1.54, 1.807) is 31.4 Å². The molecular weight excluding hydrogens is 469 g/mol. The molecule has 1 aliphatic heterocycles. The lowest BCUT2D eigenvalue weighted by atomic mass is 9.91. The van der Waals surface area contributed by atoms with Crippen LogP contribution in [0.1, 0.15) is 27.5 Å². The molecule has 0 spiro atoms. The van der Waals surface area contributed by atoms with Crippen molar-refractivity contribution in [2.75, 3.05) is 37.7 Å². The third kappa shape index (κ3) is 5.09. The van der Waals surface area contributed by atoms with E-state index in [0.717, 1.165) is 5.56 Å². The van der Waals surface area contributed by atoms with Crippen LogP contribution in [0.5, 0.6) is 5.75 Å². The van der Waals surface area contributed by atoms with Gasteiger partial charge in [0.2, 0.25) is 5.56 Å². The van der Waals surface area contributed by atoms with Crippen LogP contribution in [0.3, 0.4) is 0 Å². The van der Waals surface area contributed by atoms with Crippen LogP contribution in [0.15, 0.2) is 64.4 Å². The van der Waals surface area contributed by atoms with E-state index in [9.17, 15) is 18.8 Å². The molecule has 1 aromatic heterocycles. The maximum atomic E-state index is 14.8. The minimum absolute atomic E-state index is 0.267. The predicted octanol–water partition coefficient (Wildman–Crippen LogP) is 3.95. The van der Waals surface area contributed by atoms with Crippen LogP contribution in [0.4, 0.5) is 10.1 Å². The van der Waals surface area contributed by atoms with Gasteiger partial charge in [-0.25, -0.2) is 14.4 Å². The highest BCUT2D eigenvalue weighted by molar-refractivity contribution is 8.32. The van der Waals surface area contributed by atoms with E-state index in [4.69, 9.17) is 4.74 Å². The monoisotopic (exact) mass is 497 g/mol. The van der Waals surface area contributed by atoms with Crippen LogP contribution < -0.4 is 15.6 Å². The Labute approximate surface area is 204 Å². The molecule has 0 aliphatic carbocycles. The van der Waals surface area contributed by atoms with Crippen molar-refractivity contribution in [3.05, 3.63) is 87.6 Å². The second-order valence-electron chi connectivity index (χ2n) is 9.13. The normalized spacial score (nSPS) is 15.8. The maximum absolute atomic E-state index is 14.8. The first-order chi connectivity index (χ1) is 16.6. The molecule has 0 bridgehead atoms. The summed E-state index contributed by atoms with van der Waals surface area (Å²) in [6.07, 6.45) is 7.86. The largest absolute Gasteiger partial charge is 0.497 e. The highest BCUT2D eigenvalue weighted by atomic mass is 32.3. The van der Waals surface area contributed by atoms with Crippen molar-refractivity contribution >= 4 is 27.5 Å². The summed E-state index contributed by atoms with van der Waals surface area (Å²) in [6, 6.07) is 11.8. The fourth-order valence-electron chi connectivity index (χ4n) is 4.23. The van der Waals surface area contributed by atoms with Crippen molar-refractivity contribution < 1.29 is 18.7 Å². The lowest BCUT2D eigenvalue weighted by molar-refractivity contribution is -0.121. The average molecular weight is 498 g/mol. The summed E-state index contributed by atoms with van der Waals surface area (Å²) in [5.74, 6) is -0.559. The van der Waals surface area contributed by atoms with Crippen LogP contribution in [0, 0.1) is 5.82 Å². The molecule has 2 amide bonds. The number of hydrogen-bond acceptors (Lipinski definition) is 4. The molecular formula is C26H28FN3O4S. The highest BCUT2D eigenvalue weighted by Gasteiger charge is 2.37. The number of rotatable bonds is 5. The number of hydrogen-bond donors (Lipinski definition) is 2. The van der Waals surface area contributed by atoms with Gasteiger partial charge >= 0.3 is 0 Å². The first-order valence-corrected chi connectivity index (χ1v) is 13.9. The summed E-state index contributed by atoms with van der Waals surface area (Å²) in [5, 5.41) is 2.79. The molecule has 4 rings (SSSR count). The molecule has 35 heavy (non-hydrogen) atoms. The third-order valence-corrected chi connectivity index (χ3v) is 7.63. The van der Waals surface area contributed by atoms with Crippen LogP contribution in [-0.2, 0) is 11.2 Å². The van der Waals surface area contributed by atoms with E-state index in [-0.39, 0.29) is 29.4 Å². The van der Waals surface area contributed by atoms with Gasteiger partial charge in [0.05, 0.1) is 12.7 Å². The minimum Gasteiger partial charge on any atom is -0.497 e. The van der Waals surface area contributed by atoms with Gasteiger partial charge < -0.3 is 19.9 Å². The second kappa shape index (κ2) is 9.58. The van der Waals surface area contributed by atoms with E-state index in [2.05, 4.69) is 10.3 Å². The Balaban J connectivity index is 1.70. The van der Waals surface area contributed by atoms with Crippen molar-refractivity contribution in [3.8, 4) is 5.75 Å². The summed E-state index contributed by atoms with van der Waals surface area (Å²) in [4.78, 5) is 43.0. The zero-order chi connectivity index (χ0) is 25.3. The lowest BCUT2D eigenvalue weighted by Gasteiger charge is -2.36. The first-order valence-electron chi connectivity index (χ1n) is 11.0. The molecule has 0 radical (unpaired) electrons.